The standard InChI is InChI=1S/C53H42N2/c1-53(2)48-25-12-10-22-44(48)46-24-14-23-43(51(46)53)38-29-27-35(28-30-38)34-54-52(55-49-26-13-11-20-41(49)36-15-4-3-5-16-36)50-42-21-9-7-18-39(42)33-47-40-19-8-6-17-37(40)31-32-45(47)50/h3-33,52,54-55H,34H2,1-2H3. The lowest BCUT2D eigenvalue weighted by Gasteiger charge is -2.27. The largest absolute Gasteiger partial charge is 0.365 e. The van der Waals surface area contributed by atoms with Crippen molar-refractivity contribution < 1.29 is 0 Å². The Morgan fingerprint density at radius 2 is 1.09 bits per heavy atom. The summed E-state index contributed by atoms with van der Waals surface area (Å²) in [4.78, 5) is 0. The predicted molar refractivity (Wildman–Crippen MR) is 233 cm³/mol. The summed E-state index contributed by atoms with van der Waals surface area (Å²) < 4.78 is 0. The molecule has 0 spiro atoms. The zero-order valence-electron chi connectivity index (χ0n) is 31.2. The molecule has 0 amide bonds. The Morgan fingerprint density at radius 1 is 0.455 bits per heavy atom. The Labute approximate surface area is 323 Å². The van der Waals surface area contributed by atoms with E-state index in [0.717, 1.165) is 5.69 Å². The molecule has 9 aromatic rings. The molecule has 0 heterocycles. The average molecular weight is 707 g/mol. The van der Waals surface area contributed by atoms with Crippen molar-refractivity contribution in [2.24, 2.45) is 0 Å². The lowest BCUT2D eigenvalue weighted by molar-refractivity contribution is 0.593. The van der Waals surface area contributed by atoms with Crippen molar-refractivity contribution in [3.05, 3.63) is 210 Å². The van der Waals surface area contributed by atoms with Crippen molar-refractivity contribution in [1.82, 2.24) is 5.32 Å². The van der Waals surface area contributed by atoms with Gasteiger partial charge in [-0.2, -0.15) is 0 Å². The SMILES string of the molecule is CC1(C)c2ccccc2-c2cccc(-c3ccc(CNC(Nc4ccccc4-c4ccccc4)c4c5ccccc5cc5c4ccc4ccccc45)cc3)c21. The van der Waals surface area contributed by atoms with E-state index in [1.165, 1.54) is 88.0 Å². The van der Waals surface area contributed by atoms with Crippen molar-refractivity contribution in [1.29, 1.82) is 0 Å². The topological polar surface area (TPSA) is 24.1 Å². The van der Waals surface area contributed by atoms with E-state index in [1.54, 1.807) is 0 Å². The molecule has 10 rings (SSSR count). The Morgan fingerprint density at radius 3 is 1.93 bits per heavy atom. The van der Waals surface area contributed by atoms with Gasteiger partial charge in [0.1, 0.15) is 6.17 Å². The van der Waals surface area contributed by atoms with E-state index in [0.29, 0.717) is 6.54 Å². The molecule has 1 aliphatic rings. The second-order valence-corrected chi connectivity index (χ2v) is 15.4. The predicted octanol–water partition coefficient (Wildman–Crippen LogP) is 13.7. The fourth-order valence-corrected chi connectivity index (χ4v) is 9.14. The zero-order valence-corrected chi connectivity index (χ0v) is 31.2. The fourth-order valence-electron chi connectivity index (χ4n) is 9.14. The van der Waals surface area contributed by atoms with Crippen LogP contribution in [0.25, 0.3) is 65.7 Å². The maximum atomic E-state index is 4.04. The molecule has 2 nitrogen and oxygen atoms in total. The molecule has 1 aliphatic carbocycles. The van der Waals surface area contributed by atoms with Gasteiger partial charge in [0.2, 0.25) is 0 Å². The summed E-state index contributed by atoms with van der Waals surface area (Å²) in [6.45, 7) is 5.41. The molecule has 2 heteroatoms. The summed E-state index contributed by atoms with van der Waals surface area (Å²) in [6.07, 6.45) is -0.198. The van der Waals surface area contributed by atoms with E-state index in [-0.39, 0.29) is 11.6 Å². The van der Waals surface area contributed by atoms with Gasteiger partial charge >= 0.3 is 0 Å². The van der Waals surface area contributed by atoms with Gasteiger partial charge in [-0.15, -0.1) is 0 Å². The molecule has 55 heavy (non-hydrogen) atoms. The summed E-state index contributed by atoms with van der Waals surface area (Å²) in [5, 5.41) is 15.6. The minimum Gasteiger partial charge on any atom is -0.365 e. The van der Waals surface area contributed by atoms with Gasteiger partial charge in [0.15, 0.2) is 0 Å². The smallest absolute Gasteiger partial charge is 0.105 e. The molecule has 0 radical (unpaired) electrons. The Kier molecular flexibility index (Phi) is 8.08. The number of hydrogen-bond acceptors (Lipinski definition) is 2. The molecule has 9 aromatic carbocycles. The van der Waals surface area contributed by atoms with Crippen LogP contribution in [-0.2, 0) is 12.0 Å². The minimum absolute atomic E-state index is 0.0652. The van der Waals surface area contributed by atoms with Crippen molar-refractivity contribution in [2.45, 2.75) is 32.0 Å². The lowest BCUT2D eigenvalue weighted by Crippen LogP contribution is -2.28. The maximum absolute atomic E-state index is 4.04. The number of benzene rings is 9. The number of fused-ring (bicyclic) bond motifs is 7. The third-order valence-corrected chi connectivity index (χ3v) is 11.8. The monoisotopic (exact) mass is 706 g/mol. The Hall–Kier alpha value is -6.48. The highest BCUT2D eigenvalue weighted by Gasteiger charge is 2.37. The molecule has 0 aliphatic heterocycles. The van der Waals surface area contributed by atoms with E-state index < -0.39 is 0 Å². The average Bonchev–Trinajstić information content (AvgIpc) is 3.48. The van der Waals surface area contributed by atoms with E-state index in [4.69, 9.17) is 0 Å². The molecule has 2 N–H and O–H groups in total. The summed E-state index contributed by atoms with van der Waals surface area (Å²) in [5.41, 5.74) is 14.0. The number of para-hydroxylation sites is 1. The van der Waals surface area contributed by atoms with Gasteiger partial charge in [-0.05, 0) is 89.0 Å². The van der Waals surface area contributed by atoms with E-state index >= 15 is 0 Å². The molecule has 1 atom stereocenters. The second-order valence-electron chi connectivity index (χ2n) is 15.4. The van der Waals surface area contributed by atoms with Gasteiger partial charge in [-0.3, -0.25) is 5.32 Å². The molecule has 0 fully saturated rings. The van der Waals surface area contributed by atoms with Gasteiger partial charge in [-0.25, -0.2) is 0 Å². The highest BCUT2D eigenvalue weighted by atomic mass is 15.1. The lowest BCUT2D eigenvalue weighted by atomic mass is 9.79. The summed E-state index contributed by atoms with van der Waals surface area (Å²) >= 11 is 0. The van der Waals surface area contributed by atoms with Crippen molar-refractivity contribution in [2.75, 3.05) is 5.32 Å². The van der Waals surface area contributed by atoms with Gasteiger partial charge in [0, 0.05) is 28.8 Å². The first-order chi connectivity index (χ1) is 27.0. The van der Waals surface area contributed by atoms with Crippen LogP contribution in [0.2, 0.25) is 0 Å². The summed E-state index contributed by atoms with van der Waals surface area (Å²) in [7, 11) is 0. The van der Waals surface area contributed by atoms with E-state index in [9.17, 15) is 0 Å². The third-order valence-electron chi connectivity index (χ3n) is 11.8. The van der Waals surface area contributed by atoms with Crippen LogP contribution < -0.4 is 10.6 Å². The highest BCUT2D eigenvalue weighted by molar-refractivity contribution is 6.14. The van der Waals surface area contributed by atoms with Crippen molar-refractivity contribution >= 4 is 38.0 Å². The number of rotatable bonds is 8. The summed E-state index contributed by atoms with van der Waals surface area (Å²) in [5.74, 6) is 0. The van der Waals surface area contributed by atoms with Crippen LogP contribution >= 0.6 is 0 Å². The van der Waals surface area contributed by atoms with Crippen LogP contribution in [0.1, 0.15) is 42.3 Å². The zero-order chi connectivity index (χ0) is 36.9. The highest BCUT2D eigenvalue weighted by Crippen LogP contribution is 2.52. The molecule has 264 valence electrons. The van der Waals surface area contributed by atoms with Gasteiger partial charge in [0.25, 0.3) is 0 Å². The normalized spacial score (nSPS) is 13.5. The van der Waals surface area contributed by atoms with Gasteiger partial charge in [-0.1, -0.05) is 190 Å². The number of hydrogen-bond donors (Lipinski definition) is 2. The van der Waals surface area contributed by atoms with Crippen LogP contribution in [0.3, 0.4) is 0 Å². The quantitative estimate of drug-likeness (QED) is 0.0934. The fraction of sp³-hybridized carbons (Fsp3) is 0.0943. The Balaban J connectivity index is 1.06. The summed E-state index contributed by atoms with van der Waals surface area (Å²) in [6, 6.07) is 68.7. The van der Waals surface area contributed by atoms with Crippen LogP contribution in [-0.4, -0.2) is 0 Å². The number of nitrogens with one attached hydrogen (secondary N) is 2. The molecule has 0 aromatic heterocycles. The molecular formula is C53H42N2. The third kappa shape index (κ3) is 5.69. The van der Waals surface area contributed by atoms with Crippen LogP contribution in [0, 0.1) is 0 Å². The van der Waals surface area contributed by atoms with Crippen LogP contribution in [0.5, 0.6) is 0 Å². The van der Waals surface area contributed by atoms with Crippen LogP contribution in [0.4, 0.5) is 5.69 Å². The molecule has 1 unspecified atom stereocenters. The van der Waals surface area contributed by atoms with Gasteiger partial charge < -0.3 is 5.32 Å². The van der Waals surface area contributed by atoms with Crippen molar-refractivity contribution in [3.8, 4) is 33.4 Å². The molecule has 0 saturated carbocycles. The van der Waals surface area contributed by atoms with Crippen LogP contribution in [0.15, 0.2) is 188 Å². The maximum Gasteiger partial charge on any atom is 0.105 e. The Bertz CT molecular complexity index is 2870. The minimum atomic E-state index is -0.198. The molecule has 0 saturated heterocycles. The first-order valence-corrected chi connectivity index (χ1v) is 19.3. The number of anilines is 1. The van der Waals surface area contributed by atoms with Gasteiger partial charge in [0.05, 0.1) is 0 Å². The molecule has 0 bridgehead atoms. The van der Waals surface area contributed by atoms with E-state index in [1.807, 2.05) is 0 Å². The second kappa shape index (κ2) is 13.4. The van der Waals surface area contributed by atoms with E-state index in [2.05, 4.69) is 213 Å². The molecular weight excluding hydrogens is 665 g/mol. The van der Waals surface area contributed by atoms with Crippen molar-refractivity contribution in [3.63, 3.8) is 0 Å². The first-order valence-electron chi connectivity index (χ1n) is 19.3. The first kappa shape index (κ1) is 33.1.